The largest absolute Gasteiger partial charge is 0.491 e. The number of hydrogen-bond donors (Lipinski definition) is 0. The molecular weight excluding hydrogens is 318 g/mol. The van der Waals surface area contributed by atoms with Gasteiger partial charge in [0.25, 0.3) is 0 Å². The average molecular weight is 344 g/mol. The molecular formula is C22H26F2O. The Labute approximate surface area is 149 Å². The summed E-state index contributed by atoms with van der Waals surface area (Å²) in [6, 6.07) is 11.0. The lowest BCUT2D eigenvalue weighted by Crippen LogP contribution is -2.14. The summed E-state index contributed by atoms with van der Waals surface area (Å²) in [4.78, 5) is 0. The summed E-state index contributed by atoms with van der Waals surface area (Å²) in [6.45, 7) is 4.34. The van der Waals surface area contributed by atoms with Crippen molar-refractivity contribution in [3.63, 3.8) is 0 Å². The lowest BCUT2D eigenvalue weighted by Gasteiger charge is -2.30. The summed E-state index contributed by atoms with van der Waals surface area (Å²) in [7, 11) is 0. The Balaban J connectivity index is 2.08. The molecule has 1 fully saturated rings. The fraction of sp³-hybridized carbons (Fsp3) is 0.455. The van der Waals surface area contributed by atoms with Crippen molar-refractivity contribution >= 4 is 0 Å². The molecule has 2 aromatic rings. The van der Waals surface area contributed by atoms with E-state index >= 15 is 0 Å². The number of hydrogen-bond acceptors (Lipinski definition) is 1. The standard InChI is InChI=1S/C22H26F2O/c1-3-15-10-12-16(13-11-15)18-14-19(25-4-2)21(23)22(24)20(18)17-8-6-5-7-9-17/h5-9,14-16H,3-4,10-13H2,1-2H3. The van der Waals surface area contributed by atoms with Crippen LogP contribution in [0.3, 0.4) is 0 Å². The third kappa shape index (κ3) is 3.70. The van der Waals surface area contributed by atoms with Crippen LogP contribution in [0.25, 0.3) is 11.1 Å². The highest BCUT2D eigenvalue weighted by atomic mass is 19.2. The molecule has 1 aliphatic rings. The molecule has 0 unspecified atom stereocenters. The van der Waals surface area contributed by atoms with Crippen LogP contribution in [0, 0.1) is 17.6 Å². The van der Waals surface area contributed by atoms with Crippen molar-refractivity contribution in [1.29, 1.82) is 0 Å². The summed E-state index contributed by atoms with van der Waals surface area (Å²) in [5, 5.41) is 0. The first-order chi connectivity index (χ1) is 12.2. The van der Waals surface area contributed by atoms with E-state index in [9.17, 15) is 8.78 Å². The molecule has 3 rings (SSSR count). The van der Waals surface area contributed by atoms with Crippen LogP contribution in [0.2, 0.25) is 0 Å². The van der Waals surface area contributed by atoms with Crippen molar-refractivity contribution in [2.24, 2.45) is 5.92 Å². The van der Waals surface area contributed by atoms with Gasteiger partial charge in [0.1, 0.15) is 0 Å². The monoisotopic (exact) mass is 344 g/mol. The smallest absolute Gasteiger partial charge is 0.201 e. The highest BCUT2D eigenvalue weighted by molar-refractivity contribution is 5.70. The van der Waals surface area contributed by atoms with Gasteiger partial charge in [0.2, 0.25) is 5.82 Å². The van der Waals surface area contributed by atoms with E-state index in [1.807, 2.05) is 30.3 Å². The van der Waals surface area contributed by atoms with Gasteiger partial charge < -0.3 is 4.74 Å². The number of ether oxygens (including phenoxy) is 1. The van der Waals surface area contributed by atoms with Gasteiger partial charge in [-0.15, -0.1) is 0 Å². The fourth-order valence-electron chi connectivity index (χ4n) is 3.98. The van der Waals surface area contributed by atoms with E-state index < -0.39 is 11.6 Å². The first-order valence-corrected chi connectivity index (χ1v) is 9.35. The van der Waals surface area contributed by atoms with Gasteiger partial charge in [0, 0.05) is 5.56 Å². The maximum atomic E-state index is 15.0. The van der Waals surface area contributed by atoms with Gasteiger partial charge in [0.15, 0.2) is 11.6 Å². The number of benzene rings is 2. The molecule has 25 heavy (non-hydrogen) atoms. The van der Waals surface area contributed by atoms with E-state index in [0.717, 1.165) is 42.7 Å². The van der Waals surface area contributed by atoms with Crippen LogP contribution in [-0.4, -0.2) is 6.61 Å². The van der Waals surface area contributed by atoms with Gasteiger partial charge in [0.05, 0.1) is 6.61 Å². The van der Waals surface area contributed by atoms with E-state index in [4.69, 9.17) is 4.74 Å². The van der Waals surface area contributed by atoms with Crippen LogP contribution in [0.15, 0.2) is 36.4 Å². The molecule has 0 radical (unpaired) electrons. The predicted molar refractivity (Wildman–Crippen MR) is 98.0 cm³/mol. The van der Waals surface area contributed by atoms with E-state index in [2.05, 4.69) is 6.92 Å². The number of halogens is 2. The third-order valence-electron chi connectivity index (χ3n) is 5.43. The first-order valence-electron chi connectivity index (χ1n) is 9.35. The lowest BCUT2D eigenvalue weighted by molar-refractivity contribution is 0.305. The second-order valence-corrected chi connectivity index (χ2v) is 6.89. The molecule has 0 aromatic heterocycles. The highest BCUT2D eigenvalue weighted by Gasteiger charge is 2.28. The van der Waals surface area contributed by atoms with Crippen LogP contribution in [0.5, 0.6) is 5.75 Å². The van der Waals surface area contributed by atoms with E-state index in [-0.39, 0.29) is 11.7 Å². The van der Waals surface area contributed by atoms with E-state index in [1.54, 1.807) is 13.0 Å². The molecule has 0 amide bonds. The summed E-state index contributed by atoms with van der Waals surface area (Å²) >= 11 is 0. The average Bonchev–Trinajstić information content (AvgIpc) is 2.66. The van der Waals surface area contributed by atoms with Crippen LogP contribution < -0.4 is 4.74 Å². The molecule has 0 heterocycles. The molecule has 2 aromatic carbocycles. The summed E-state index contributed by atoms with van der Waals surface area (Å²) in [5.74, 6) is -0.621. The molecule has 0 atom stereocenters. The molecule has 0 aliphatic heterocycles. The minimum atomic E-state index is -0.883. The first kappa shape index (κ1) is 17.9. The van der Waals surface area contributed by atoms with Gasteiger partial charge in [-0.05, 0) is 61.6 Å². The van der Waals surface area contributed by atoms with E-state index in [1.165, 1.54) is 6.42 Å². The minimum absolute atomic E-state index is 0.0345. The van der Waals surface area contributed by atoms with Gasteiger partial charge in [-0.2, -0.15) is 4.39 Å². The quantitative estimate of drug-likeness (QED) is 0.585. The predicted octanol–water partition coefficient (Wildman–Crippen LogP) is 6.71. The third-order valence-corrected chi connectivity index (χ3v) is 5.43. The van der Waals surface area contributed by atoms with Crippen molar-refractivity contribution in [2.75, 3.05) is 6.61 Å². The molecule has 0 saturated heterocycles. The van der Waals surface area contributed by atoms with Gasteiger partial charge in [-0.3, -0.25) is 0 Å². The van der Waals surface area contributed by atoms with Crippen LogP contribution in [0.4, 0.5) is 8.78 Å². The zero-order valence-electron chi connectivity index (χ0n) is 15.0. The maximum absolute atomic E-state index is 15.0. The Kier molecular flexibility index (Phi) is 5.72. The van der Waals surface area contributed by atoms with Crippen molar-refractivity contribution in [3.05, 3.63) is 53.6 Å². The maximum Gasteiger partial charge on any atom is 0.201 e. The van der Waals surface area contributed by atoms with Crippen molar-refractivity contribution in [3.8, 4) is 16.9 Å². The van der Waals surface area contributed by atoms with Crippen LogP contribution in [-0.2, 0) is 0 Å². The lowest BCUT2D eigenvalue weighted by atomic mass is 9.76. The molecule has 1 saturated carbocycles. The minimum Gasteiger partial charge on any atom is -0.491 e. The van der Waals surface area contributed by atoms with Crippen molar-refractivity contribution < 1.29 is 13.5 Å². The molecule has 0 spiro atoms. The zero-order valence-corrected chi connectivity index (χ0v) is 15.0. The van der Waals surface area contributed by atoms with Crippen molar-refractivity contribution in [1.82, 2.24) is 0 Å². The molecule has 0 N–H and O–H groups in total. The van der Waals surface area contributed by atoms with Crippen molar-refractivity contribution in [2.45, 2.75) is 51.9 Å². The molecule has 1 nitrogen and oxygen atoms in total. The summed E-state index contributed by atoms with van der Waals surface area (Å²) in [5.41, 5.74) is 2.03. The molecule has 0 bridgehead atoms. The van der Waals surface area contributed by atoms with E-state index in [0.29, 0.717) is 12.2 Å². The van der Waals surface area contributed by atoms with Crippen LogP contribution >= 0.6 is 0 Å². The highest BCUT2D eigenvalue weighted by Crippen LogP contribution is 2.44. The Bertz CT molecular complexity index is 704. The Morgan fingerprint density at radius 3 is 2.24 bits per heavy atom. The SMILES string of the molecule is CCOc1cc(C2CCC(CC)CC2)c(-c2ccccc2)c(F)c1F. The Hall–Kier alpha value is -1.90. The second-order valence-electron chi connectivity index (χ2n) is 6.89. The zero-order chi connectivity index (χ0) is 17.8. The van der Waals surface area contributed by atoms with Gasteiger partial charge in [-0.1, -0.05) is 43.7 Å². The van der Waals surface area contributed by atoms with Gasteiger partial charge >= 0.3 is 0 Å². The van der Waals surface area contributed by atoms with Gasteiger partial charge in [-0.25, -0.2) is 4.39 Å². The molecule has 3 heteroatoms. The van der Waals surface area contributed by atoms with Crippen LogP contribution in [0.1, 0.15) is 57.4 Å². The summed E-state index contributed by atoms with van der Waals surface area (Å²) in [6.07, 6.45) is 5.54. The molecule has 134 valence electrons. The Morgan fingerprint density at radius 2 is 1.64 bits per heavy atom. The fourth-order valence-corrected chi connectivity index (χ4v) is 3.98. The summed E-state index contributed by atoms with van der Waals surface area (Å²) < 4.78 is 34.8. The normalized spacial score (nSPS) is 20.5. The molecule has 1 aliphatic carbocycles. The topological polar surface area (TPSA) is 9.23 Å². The second kappa shape index (κ2) is 7.99. The Morgan fingerprint density at radius 1 is 0.960 bits per heavy atom. The number of rotatable bonds is 5.